The van der Waals surface area contributed by atoms with Crippen LogP contribution in [0.15, 0.2) is 71.3 Å². The highest BCUT2D eigenvalue weighted by atomic mass is 32.1. The monoisotopic (exact) mass is 392 g/mol. The molecule has 1 atom stereocenters. The van der Waals surface area contributed by atoms with Crippen molar-refractivity contribution < 1.29 is 5.76 Å². The van der Waals surface area contributed by atoms with Gasteiger partial charge in [0.1, 0.15) is 18.3 Å². The number of fused-ring (bicyclic) bond motifs is 1. The summed E-state index contributed by atoms with van der Waals surface area (Å²) < 4.78 is 23.5. The molecule has 0 fully saturated rings. The maximum atomic E-state index is 13.2. The van der Waals surface area contributed by atoms with E-state index < -0.39 is 6.64 Å². The Kier molecular flexibility index (Phi) is 4.01. The average molecular weight is 392 g/mol. The van der Waals surface area contributed by atoms with Crippen LogP contribution in [0, 0.1) is 5.82 Å². The highest BCUT2D eigenvalue weighted by molar-refractivity contribution is 7.15. The summed E-state index contributed by atoms with van der Waals surface area (Å²) in [6.45, 7) is 0.0238. The highest BCUT2D eigenvalue weighted by Crippen LogP contribution is 2.25. The molecule has 2 aromatic carbocycles. The lowest BCUT2D eigenvalue weighted by Crippen LogP contribution is -2.30. The Morgan fingerprint density at radius 3 is 2.79 bits per heavy atom. The van der Waals surface area contributed by atoms with E-state index in [2.05, 4.69) is 33.0 Å². The average Bonchev–Trinajstić information content (AvgIpc) is 3.41. The van der Waals surface area contributed by atoms with Crippen molar-refractivity contribution in [1.82, 2.24) is 19.7 Å². The fourth-order valence-electron chi connectivity index (χ4n) is 3.25. The fraction of sp³-hybridized carbons (Fsp3) is 0.143. The third kappa shape index (κ3) is 3.25. The lowest BCUT2D eigenvalue weighted by molar-refractivity contribution is 0.414. The number of benzene rings is 2. The molecule has 0 saturated heterocycles. The van der Waals surface area contributed by atoms with Crippen LogP contribution in [0.25, 0.3) is 16.2 Å². The van der Waals surface area contributed by atoms with Gasteiger partial charge in [0.05, 0.1) is 7.06 Å². The first-order valence-corrected chi connectivity index (χ1v) is 9.82. The van der Waals surface area contributed by atoms with Gasteiger partial charge in [-0.2, -0.15) is 5.10 Å². The minimum absolute atomic E-state index is 0.259. The Labute approximate surface area is 167 Å². The molecule has 0 bridgehead atoms. The molecule has 1 unspecified atom stereocenters. The molecule has 3 heterocycles. The number of hydrazone groups is 1. The lowest BCUT2D eigenvalue weighted by Gasteiger charge is -2.19. The zero-order valence-corrected chi connectivity index (χ0v) is 15.7. The van der Waals surface area contributed by atoms with Gasteiger partial charge in [-0.3, -0.25) is 9.83 Å². The highest BCUT2D eigenvalue weighted by Gasteiger charge is 2.20. The van der Waals surface area contributed by atoms with Crippen molar-refractivity contribution in [2.45, 2.75) is 13.0 Å². The molecule has 1 aliphatic heterocycles. The van der Waals surface area contributed by atoms with Crippen LogP contribution in [-0.4, -0.2) is 26.8 Å². The Bertz CT molecular complexity index is 1170. The van der Waals surface area contributed by atoms with E-state index in [1.165, 1.54) is 12.1 Å². The minimum Gasteiger partial charge on any atom is -0.335 e. The maximum absolute atomic E-state index is 13.2. The van der Waals surface area contributed by atoms with Crippen LogP contribution >= 0.6 is 11.3 Å². The fourth-order valence-corrected chi connectivity index (χ4v) is 4.12. The van der Waals surface area contributed by atoms with E-state index in [1.54, 1.807) is 23.5 Å². The molecule has 140 valence electrons. The van der Waals surface area contributed by atoms with E-state index in [-0.39, 0.29) is 5.82 Å². The number of amidine groups is 1. The van der Waals surface area contributed by atoms with Gasteiger partial charge >= 0.3 is 0 Å². The molecule has 2 aromatic heterocycles. The van der Waals surface area contributed by atoms with Crippen LogP contribution in [0.4, 0.5) is 4.39 Å². The third-order valence-electron chi connectivity index (χ3n) is 4.70. The van der Waals surface area contributed by atoms with Crippen molar-refractivity contribution in [2.24, 2.45) is 5.10 Å². The second-order valence-corrected chi connectivity index (χ2v) is 7.43. The standard InChI is InChI=1S/C21H18FN5S/c22-17-8-6-16(7-9-17)19-12-27-18(13-28-21(27)24-19)10-20-25-23-14-26(20)11-15-4-2-1-3-5-15/h1-9,12-13,23H,10-11,14H2/i14D. The molecule has 5 nitrogen and oxygen atoms in total. The molecule has 0 saturated carbocycles. The van der Waals surface area contributed by atoms with Crippen LogP contribution < -0.4 is 5.43 Å². The largest absolute Gasteiger partial charge is 0.335 e. The lowest BCUT2D eigenvalue weighted by atomic mass is 10.2. The summed E-state index contributed by atoms with van der Waals surface area (Å²) in [4.78, 5) is 7.50. The minimum atomic E-state index is -0.600. The Hall–Kier alpha value is -3.19. The van der Waals surface area contributed by atoms with Crippen LogP contribution in [-0.2, 0) is 13.0 Å². The normalized spacial score (nSPS) is 16.9. The molecule has 7 heteroatoms. The molecule has 0 amide bonds. The van der Waals surface area contributed by atoms with Gasteiger partial charge < -0.3 is 4.90 Å². The summed E-state index contributed by atoms with van der Waals surface area (Å²) in [6.07, 6.45) is 2.56. The molecule has 4 aromatic rings. The van der Waals surface area contributed by atoms with Gasteiger partial charge in [0.15, 0.2) is 4.96 Å². The zero-order chi connectivity index (χ0) is 19.8. The molecular formula is C21H18FN5S. The van der Waals surface area contributed by atoms with Crippen LogP contribution in [0.1, 0.15) is 12.6 Å². The predicted molar refractivity (Wildman–Crippen MR) is 110 cm³/mol. The van der Waals surface area contributed by atoms with Gasteiger partial charge in [0.25, 0.3) is 0 Å². The number of hydrogen-bond acceptors (Lipinski definition) is 5. The van der Waals surface area contributed by atoms with Crippen LogP contribution in [0.5, 0.6) is 0 Å². The molecule has 5 rings (SSSR count). The number of hydrogen-bond donors (Lipinski definition) is 1. The molecular weight excluding hydrogens is 373 g/mol. The van der Waals surface area contributed by atoms with Crippen molar-refractivity contribution in [3.05, 3.63) is 83.2 Å². The molecule has 1 N–H and O–H groups in total. The first kappa shape index (κ1) is 15.8. The van der Waals surface area contributed by atoms with Gasteiger partial charge in [0, 0.05) is 35.8 Å². The molecule has 0 radical (unpaired) electrons. The summed E-state index contributed by atoms with van der Waals surface area (Å²) in [5.41, 5.74) is 6.74. The molecule has 28 heavy (non-hydrogen) atoms. The number of halogens is 1. The number of nitrogens with zero attached hydrogens (tertiary/aromatic N) is 4. The number of nitrogens with one attached hydrogen (secondary N) is 1. The summed E-state index contributed by atoms with van der Waals surface area (Å²) in [7, 11) is 0. The van der Waals surface area contributed by atoms with E-state index in [0.29, 0.717) is 13.0 Å². The number of rotatable bonds is 5. The topological polar surface area (TPSA) is 44.9 Å². The first-order chi connectivity index (χ1) is 14.2. The van der Waals surface area contributed by atoms with E-state index >= 15 is 0 Å². The Balaban J connectivity index is 1.40. The smallest absolute Gasteiger partial charge is 0.194 e. The maximum Gasteiger partial charge on any atom is 0.194 e. The van der Waals surface area contributed by atoms with Gasteiger partial charge in [-0.15, -0.1) is 11.3 Å². The zero-order valence-electron chi connectivity index (χ0n) is 15.9. The summed E-state index contributed by atoms with van der Waals surface area (Å²) in [6, 6.07) is 16.4. The quantitative estimate of drug-likeness (QED) is 0.556. The van der Waals surface area contributed by atoms with Crippen LogP contribution in [0.3, 0.4) is 0 Å². The summed E-state index contributed by atoms with van der Waals surface area (Å²) in [5.74, 6) is 0.566. The second kappa shape index (κ2) is 7.09. The van der Waals surface area contributed by atoms with E-state index in [9.17, 15) is 4.39 Å². The summed E-state index contributed by atoms with van der Waals surface area (Å²) in [5, 5.41) is 6.45. The molecule has 1 aliphatic rings. The van der Waals surface area contributed by atoms with Crippen molar-refractivity contribution in [3.8, 4) is 11.3 Å². The van der Waals surface area contributed by atoms with Gasteiger partial charge in [-0.05, 0) is 29.8 Å². The van der Waals surface area contributed by atoms with E-state index in [0.717, 1.165) is 33.3 Å². The van der Waals surface area contributed by atoms with Gasteiger partial charge in [0.2, 0.25) is 0 Å². The number of aromatic nitrogens is 2. The predicted octanol–water partition coefficient (Wildman–Crippen LogP) is 4.12. The number of imidazole rings is 1. The Morgan fingerprint density at radius 2 is 1.96 bits per heavy atom. The first-order valence-electron chi connectivity index (χ1n) is 9.51. The van der Waals surface area contributed by atoms with Crippen molar-refractivity contribution in [3.63, 3.8) is 0 Å². The molecule has 0 aliphatic carbocycles. The van der Waals surface area contributed by atoms with Crippen molar-refractivity contribution in [1.29, 1.82) is 0 Å². The van der Waals surface area contributed by atoms with Crippen molar-refractivity contribution >= 4 is 22.1 Å². The van der Waals surface area contributed by atoms with Gasteiger partial charge in [-0.1, -0.05) is 30.3 Å². The SMILES string of the molecule is [2H]C1NN=C(Cc2csc3nc(-c4ccc(F)cc4)cn23)N1Cc1ccccc1. The molecule has 0 spiro atoms. The second-order valence-electron chi connectivity index (χ2n) is 6.59. The third-order valence-corrected chi connectivity index (χ3v) is 5.59. The Morgan fingerprint density at radius 1 is 1.14 bits per heavy atom. The van der Waals surface area contributed by atoms with Crippen LogP contribution in [0.2, 0.25) is 0 Å². The van der Waals surface area contributed by atoms with Gasteiger partial charge in [-0.25, -0.2) is 9.37 Å². The number of thiazole rings is 1. The van der Waals surface area contributed by atoms with E-state index in [1.807, 2.05) is 33.7 Å². The summed E-state index contributed by atoms with van der Waals surface area (Å²) >= 11 is 1.56. The van der Waals surface area contributed by atoms with E-state index in [4.69, 9.17) is 1.37 Å². The van der Waals surface area contributed by atoms with Crippen molar-refractivity contribution in [2.75, 3.05) is 6.64 Å².